The van der Waals surface area contributed by atoms with Gasteiger partial charge in [-0.2, -0.15) is 0 Å². The number of carbonyl (C=O) groups is 4. The molecule has 2 heterocycles. The predicted molar refractivity (Wildman–Crippen MR) is 147 cm³/mol. The van der Waals surface area contributed by atoms with Crippen LogP contribution in [0.5, 0.6) is 0 Å². The van der Waals surface area contributed by atoms with Crippen LogP contribution in [0.1, 0.15) is 97.8 Å². The molecule has 9 nitrogen and oxygen atoms in total. The lowest BCUT2D eigenvalue weighted by atomic mass is 9.89. The number of amides is 4. The second-order valence-corrected chi connectivity index (χ2v) is 11.8. The summed E-state index contributed by atoms with van der Waals surface area (Å²) < 4.78 is 6.20. The highest BCUT2D eigenvalue weighted by Gasteiger charge is 2.45. The molecule has 0 aromatic heterocycles. The summed E-state index contributed by atoms with van der Waals surface area (Å²) in [6, 6.07) is 4.45. The van der Waals surface area contributed by atoms with Gasteiger partial charge in [-0.25, -0.2) is 0 Å². The molecule has 1 unspecified atom stereocenters. The van der Waals surface area contributed by atoms with Gasteiger partial charge in [0.1, 0.15) is 6.04 Å². The fraction of sp³-hybridized carbons (Fsp3) is 0.667. The van der Waals surface area contributed by atoms with Crippen molar-refractivity contribution in [3.8, 4) is 0 Å². The minimum absolute atomic E-state index is 0.109. The van der Waals surface area contributed by atoms with Gasteiger partial charge in [-0.15, -0.1) is 0 Å². The van der Waals surface area contributed by atoms with Gasteiger partial charge >= 0.3 is 0 Å². The van der Waals surface area contributed by atoms with Gasteiger partial charge in [-0.05, 0) is 76.5 Å². The van der Waals surface area contributed by atoms with E-state index in [2.05, 4.69) is 22.6 Å². The second kappa shape index (κ2) is 12.6. The summed E-state index contributed by atoms with van der Waals surface area (Å²) in [5, 5.41) is 5.74. The lowest BCUT2D eigenvalue weighted by Gasteiger charge is -2.31. The number of piperidine rings is 1. The van der Waals surface area contributed by atoms with Crippen molar-refractivity contribution < 1.29 is 23.9 Å². The monoisotopic (exact) mass is 538 g/mol. The Balaban J connectivity index is 1.08. The summed E-state index contributed by atoms with van der Waals surface area (Å²) in [6.45, 7) is 3.07. The Kier molecular flexibility index (Phi) is 8.97. The normalized spacial score (nSPS) is 26.2. The maximum absolute atomic E-state index is 13.3. The van der Waals surface area contributed by atoms with Crippen LogP contribution in [-0.2, 0) is 14.3 Å². The lowest BCUT2D eigenvalue weighted by molar-refractivity contribution is -0.136. The number of carbonyl (C=O) groups excluding carboxylic acids is 4. The largest absolute Gasteiger partial charge is 0.382 e. The highest BCUT2D eigenvalue weighted by Crippen LogP contribution is 2.34. The van der Waals surface area contributed by atoms with Crippen LogP contribution in [0.3, 0.4) is 0 Å². The van der Waals surface area contributed by atoms with Crippen molar-refractivity contribution in [2.24, 2.45) is 5.92 Å². The Hall–Kier alpha value is -2.78. The van der Waals surface area contributed by atoms with Crippen LogP contribution >= 0.6 is 0 Å². The topological polar surface area (TPSA) is 108 Å². The van der Waals surface area contributed by atoms with Gasteiger partial charge in [0, 0.05) is 37.8 Å². The summed E-state index contributed by atoms with van der Waals surface area (Å²) in [4.78, 5) is 53.8. The summed E-state index contributed by atoms with van der Waals surface area (Å²) in [6.07, 6.45) is 12.3. The summed E-state index contributed by atoms with van der Waals surface area (Å²) in [5.41, 5.74) is 1.26. The van der Waals surface area contributed by atoms with E-state index >= 15 is 0 Å². The highest BCUT2D eigenvalue weighted by molar-refractivity contribution is 6.25. The van der Waals surface area contributed by atoms with E-state index in [1.54, 1.807) is 12.1 Å². The molecule has 39 heavy (non-hydrogen) atoms. The Morgan fingerprint density at radius 1 is 0.974 bits per heavy atom. The third-order valence-corrected chi connectivity index (χ3v) is 8.83. The van der Waals surface area contributed by atoms with Crippen molar-refractivity contribution in [1.29, 1.82) is 0 Å². The molecule has 2 N–H and O–H groups in total. The van der Waals surface area contributed by atoms with Crippen molar-refractivity contribution in [3.63, 3.8) is 0 Å². The van der Waals surface area contributed by atoms with E-state index in [4.69, 9.17) is 4.74 Å². The maximum Gasteiger partial charge on any atom is 0.264 e. The number of rotatable bonds is 10. The molecule has 4 aliphatic rings. The van der Waals surface area contributed by atoms with Crippen LogP contribution in [-0.4, -0.2) is 78.4 Å². The molecule has 3 fully saturated rings. The van der Waals surface area contributed by atoms with Gasteiger partial charge in [-0.3, -0.25) is 29.4 Å². The number of imide groups is 2. The minimum Gasteiger partial charge on any atom is -0.382 e. The highest BCUT2D eigenvalue weighted by atomic mass is 16.5. The van der Waals surface area contributed by atoms with Crippen LogP contribution in [0.15, 0.2) is 18.2 Å². The first-order valence-corrected chi connectivity index (χ1v) is 14.8. The van der Waals surface area contributed by atoms with Gasteiger partial charge in [0.2, 0.25) is 11.8 Å². The minimum atomic E-state index is -0.956. The molecule has 0 spiro atoms. The molecule has 2 aliphatic heterocycles. The average molecular weight is 539 g/mol. The number of fused-ring (bicyclic) bond motifs is 1. The smallest absolute Gasteiger partial charge is 0.264 e. The number of hydrogen-bond donors (Lipinski definition) is 2. The average Bonchev–Trinajstić information content (AvgIpc) is 3.18. The Morgan fingerprint density at radius 3 is 2.49 bits per heavy atom. The molecular weight excluding hydrogens is 496 g/mol. The molecule has 2 saturated carbocycles. The number of nitrogens with one attached hydrogen (secondary N) is 2. The number of hydrogen-bond acceptors (Lipinski definition) is 7. The summed E-state index contributed by atoms with van der Waals surface area (Å²) >= 11 is 0. The van der Waals surface area contributed by atoms with Crippen LogP contribution in [0.4, 0.5) is 5.69 Å². The van der Waals surface area contributed by atoms with Gasteiger partial charge in [0.15, 0.2) is 0 Å². The first kappa shape index (κ1) is 27.8. The van der Waals surface area contributed by atoms with Gasteiger partial charge in [-0.1, -0.05) is 25.3 Å². The Morgan fingerprint density at radius 2 is 1.74 bits per heavy atom. The van der Waals surface area contributed by atoms with Crippen molar-refractivity contribution in [3.05, 3.63) is 29.3 Å². The first-order valence-electron chi connectivity index (χ1n) is 14.8. The molecule has 5 rings (SSSR count). The quantitative estimate of drug-likeness (QED) is 0.345. The van der Waals surface area contributed by atoms with Gasteiger partial charge < -0.3 is 15.0 Å². The molecule has 1 saturated heterocycles. The first-order chi connectivity index (χ1) is 18.9. The molecule has 0 radical (unpaired) electrons. The van der Waals surface area contributed by atoms with Gasteiger partial charge in [0.25, 0.3) is 11.8 Å². The number of anilines is 1. The van der Waals surface area contributed by atoms with E-state index in [1.165, 1.54) is 38.6 Å². The lowest BCUT2D eigenvalue weighted by Crippen LogP contribution is -2.54. The predicted octanol–water partition coefficient (Wildman–Crippen LogP) is 3.73. The SMILES string of the molecule is CN(CCCO[C@H]1CC[C@H](Nc2cccc3c2C(=O)N(C2CCC(=O)NC2=O)C3=O)CC1)CC1CCCCC1. The van der Waals surface area contributed by atoms with E-state index in [-0.39, 0.29) is 30.9 Å². The zero-order valence-corrected chi connectivity index (χ0v) is 23.1. The van der Waals surface area contributed by atoms with Gasteiger partial charge in [0.05, 0.1) is 17.2 Å². The zero-order chi connectivity index (χ0) is 27.4. The molecule has 1 aromatic rings. The number of benzene rings is 1. The number of nitrogens with zero attached hydrogens (tertiary/aromatic N) is 2. The molecule has 0 bridgehead atoms. The molecule has 4 amide bonds. The van der Waals surface area contributed by atoms with Crippen molar-refractivity contribution >= 4 is 29.3 Å². The zero-order valence-electron chi connectivity index (χ0n) is 23.1. The fourth-order valence-electron chi connectivity index (χ4n) is 6.72. The Bertz CT molecular complexity index is 1080. The van der Waals surface area contributed by atoms with E-state index in [0.29, 0.717) is 16.8 Å². The third kappa shape index (κ3) is 6.52. The standard InChI is InChI=1S/C30H42N4O5/c1-33(19-20-7-3-2-4-8-20)17-6-18-39-22-13-11-21(12-14-22)31-24-10-5-9-23-27(24)30(38)34(29(23)37)25-15-16-26(35)32-28(25)36/h5,9-10,20-22,25,31H,2-4,6-8,11-19H2,1H3,(H,32,35,36)/t21-,22-,25?. The second-order valence-electron chi connectivity index (χ2n) is 11.8. The number of ether oxygens (including phenoxy) is 1. The van der Waals surface area contributed by atoms with E-state index in [0.717, 1.165) is 56.1 Å². The molecular formula is C30H42N4O5. The summed E-state index contributed by atoms with van der Waals surface area (Å²) in [5.74, 6) is -1.05. The van der Waals surface area contributed by atoms with Crippen LogP contribution in [0.25, 0.3) is 0 Å². The van der Waals surface area contributed by atoms with E-state index in [1.807, 2.05) is 6.07 Å². The summed E-state index contributed by atoms with van der Waals surface area (Å²) in [7, 11) is 2.23. The van der Waals surface area contributed by atoms with Crippen molar-refractivity contribution in [2.45, 2.75) is 95.2 Å². The molecule has 2 aliphatic carbocycles. The molecule has 1 atom stereocenters. The fourth-order valence-corrected chi connectivity index (χ4v) is 6.72. The van der Waals surface area contributed by atoms with E-state index < -0.39 is 23.8 Å². The Labute approximate surface area is 231 Å². The van der Waals surface area contributed by atoms with Crippen LogP contribution in [0.2, 0.25) is 0 Å². The van der Waals surface area contributed by atoms with Crippen molar-refractivity contribution in [2.75, 3.05) is 32.1 Å². The van der Waals surface area contributed by atoms with Crippen molar-refractivity contribution in [1.82, 2.24) is 15.1 Å². The molecule has 1 aromatic carbocycles. The molecule has 212 valence electrons. The van der Waals surface area contributed by atoms with Crippen LogP contribution in [0, 0.1) is 5.92 Å². The molecule has 9 heteroatoms. The van der Waals surface area contributed by atoms with Crippen LogP contribution < -0.4 is 10.6 Å². The van der Waals surface area contributed by atoms with E-state index in [9.17, 15) is 19.2 Å². The maximum atomic E-state index is 13.3. The third-order valence-electron chi connectivity index (χ3n) is 8.83.